The minimum absolute atomic E-state index is 0.339. The second kappa shape index (κ2) is 6.53. The molecule has 0 aliphatic carbocycles. The lowest BCUT2D eigenvalue weighted by Crippen LogP contribution is -2.47. The van der Waals surface area contributed by atoms with E-state index in [2.05, 4.69) is 24.1 Å². The summed E-state index contributed by atoms with van der Waals surface area (Å²) < 4.78 is 0. The first-order valence-electron chi connectivity index (χ1n) is 7.43. The normalized spacial score (nSPS) is 29.8. The largest absolute Gasteiger partial charge is 0.340 e. The van der Waals surface area contributed by atoms with Gasteiger partial charge in [-0.15, -0.1) is 0 Å². The van der Waals surface area contributed by atoms with Crippen LogP contribution in [0.3, 0.4) is 0 Å². The molecule has 104 valence electrons. The summed E-state index contributed by atoms with van der Waals surface area (Å²) in [7, 11) is 0. The van der Waals surface area contributed by atoms with Crippen LogP contribution in [0.4, 0.5) is 0 Å². The topological polar surface area (TPSA) is 35.6 Å². The Labute approximate surface area is 111 Å². The van der Waals surface area contributed by atoms with Crippen molar-refractivity contribution < 1.29 is 4.79 Å². The molecule has 2 rings (SSSR count). The minimum atomic E-state index is 0.339. The van der Waals surface area contributed by atoms with E-state index in [1.54, 1.807) is 0 Å². The molecule has 2 aliphatic heterocycles. The summed E-state index contributed by atoms with van der Waals surface area (Å²) >= 11 is 0. The van der Waals surface area contributed by atoms with Crippen molar-refractivity contribution in [3.05, 3.63) is 0 Å². The van der Waals surface area contributed by atoms with Gasteiger partial charge < -0.3 is 10.2 Å². The van der Waals surface area contributed by atoms with Gasteiger partial charge >= 0.3 is 0 Å². The van der Waals surface area contributed by atoms with E-state index >= 15 is 0 Å². The summed E-state index contributed by atoms with van der Waals surface area (Å²) in [5, 5.41) is 3.28. The molecule has 2 aliphatic rings. The van der Waals surface area contributed by atoms with Crippen LogP contribution in [-0.4, -0.2) is 61.0 Å². The van der Waals surface area contributed by atoms with Crippen LogP contribution >= 0.6 is 0 Å². The zero-order valence-corrected chi connectivity index (χ0v) is 11.8. The monoisotopic (exact) mass is 253 g/mol. The number of likely N-dealkylation sites (tertiary alicyclic amines) is 1. The minimum Gasteiger partial charge on any atom is -0.340 e. The third-order valence-corrected chi connectivity index (χ3v) is 4.29. The highest BCUT2D eigenvalue weighted by atomic mass is 16.2. The number of hydrogen-bond donors (Lipinski definition) is 1. The second-order valence-corrected chi connectivity index (χ2v) is 5.78. The van der Waals surface area contributed by atoms with Crippen molar-refractivity contribution in [2.45, 2.75) is 39.2 Å². The molecule has 4 heteroatoms. The molecule has 1 N–H and O–H groups in total. The summed E-state index contributed by atoms with van der Waals surface area (Å²) in [6, 6.07) is 0.704. The fourth-order valence-electron chi connectivity index (χ4n) is 3.25. The zero-order chi connectivity index (χ0) is 13.0. The Morgan fingerprint density at radius 2 is 2.06 bits per heavy atom. The van der Waals surface area contributed by atoms with Gasteiger partial charge in [0.2, 0.25) is 5.91 Å². The molecule has 0 radical (unpaired) electrons. The van der Waals surface area contributed by atoms with Crippen molar-refractivity contribution in [1.29, 1.82) is 0 Å². The Kier molecular flexibility index (Phi) is 5.01. The number of piperazine rings is 1. The van der Waals surface area contributed by atoms with Crippen molar-refractivity contribution in [2.75, 3.05) is 39.3 Å². The Bertz CT molecular complexity index is 276. The molecule has 0 saturated carbocycles. The molecular formula is C14H27N3O. The van der Waals surface area contributed by atoms with E-state index in [1.807, 2.05) is 4.90 Å². The molecule has 0 aromatic carbocycles. The van der Waals surface area contributed by atoms with Crippen molar-refractivity contribution in [2.24, 2.45) is 5.92 Å². The number of nitrogens with one attached hydrogen (secondary N) is 1. The van der Waals surface area contributed by atoms with Gasteiger partial charge in [-0.2, -0.15) is 0 Å². The second-order valence-electron chi connectivity index (χ2n) is 5.78. The van der Waals surface area contributed by atoms with E-state index in [4.69, 9.17) is 0 Å². The van der Waals surface area contributed by atoms with E-state index in [0.29, 0.717) is 18.4 Å². The molecular weight excluding hydrogens is 226 g/mol. The molecule has 2 atom stereocenters. The summed E-state index contributed by atoms with van der Waals surface area (Å²) in [4.78, 5) is 16.6. The lowest BCUT2D eigenvalue weighted by molar-refractivity contribution is -0.132. The zero-order valence-electron chi connectivity index (χ0n) is 11.8. The molecule has 0 aromatic rings. The van der Waals surface area contributed by atoms with Gasteiger partial charge in [0.15, 0.2) is 0 Å². The Hall–Kier alpha value is -0.610. The Morgan fingerprint density at radius 3 is 2.72 bits per heavy atom. The molecule has 0 bridgehead atoms. The fourth-order valence-corrected chi connectivity index (χ4v) is 3.25. The standard InChI is InChI=1S/C14H27N3O/c1-3-13-10-12(2)11-17(13)7-4-14(18)16-8-5-15-6-9-16/h12-13,15H,3-11H2,1-2H3. The van der Waals surface area contributed by atoms with E-state index in [9.17, 15) is 4.79 Å². The highest BCUT2D eigenvalue weighted by molar-refractivity contribution is 5.76. The van der Waals surface area contributed by atoms with Gasteiger partial charge in [0.05, 0.1) is 0 Å². The maximum Gasteiger partial charge on any atom is 0.223 e. The van der Waals surface area contributed by atoms with Crippen LogP contribution in [-0.2, 0) is 4.79 Å². The van der Waals surface area contributed by atoms with Crippen molar-refractivity contribution in [3.63, 3.8) is 0 Å². The highest BCUT2D eigenvalue weighted by Gasteiger charge is 2.28. The van der Waals surface area contributed by atoms with E-state index in [0.717, 1.165) is 38.6 Å². The predicted octanol–water partition coefficient (Wildman–Crippen LogP) is 0.929. The van der Waals surface area contributed by atoms with Crippen LogP contribution in [0, 0.1) is 5.92 Å². The van der Waals surface area contributed by atoms with Gasteiger partial charge in [-0.1, -0.05) is 13.8 Å². The summed E-state index contributed by atoms with van der Waals surface area (Å²) in [6.45, 7) is 10.4. The first kappa shape index (κ1) is 13.8. The molecule has 2 saturated heterocycles. The first-order chi connectivity index (χ1) is 8.70. The Balaban J connectivity index is 1.74. The summed E-state index contributed by atoms with van der Waals surface area (Å²) in [6.07, 6.45) is 3.22. The maximum absolute atomic E-state index is 12.1. The van der Waals surface area contributed by atoms with Crippen LogP contribution in [0.15, 0.2) is 0 Å². The first-order valence-corrected chi connectivity index (χ1v) is 7.43. The van der Waals surface area contributed by atoms with Gasteiger partial charge in [0.25, 0.3) is 0 Å². The van der Waals surface area contributed by atoms with Crippen LogP contribution in [0.25, 0.3) is 0 Å². The van der Waals surface area contributed by atoms with Crippen molar-refractivity contribution >= 4 is 5.91 Å². The molecule has 2 unspecified atom stereocenters. The Morgan fingerprint density at radius 1 is 1.33 bits per heavy atom. The SMILES string of the molecule is CCC1CC(C)CN1CCC(=O)N1CCNCC1. The van der Waals surface area contributed by atoms with E-state index < -0.39 is 0 Å². The summed E-state index contributed by atoms with van der Waals surface area (Å²) in [5.74, 6) is 1.13. The van der Waals surface area contributed by atoms with Crippen LogP contribution in [0.2, 0.25) is 0 Å². The van der Waals surface area contributed by atoms with E-state index in [-0.39, 0.29) is 0 Å². The smallest absolute Gasteiger partial charge is 0.223 e. The lowest BCUT2D eigenvalue weighted by Gasteiger charge is -2.29. The molecule has 0 aromatic heterocycles. The van der Waals surface area contributed by atoms with Crippen molar-refractivity contribution in [1.82, 2.24) is 15.1 Å². The average Bonchev–Trinajstić information content (AvgIpc) is 2.77. The van der Waals surface area contributed by atoms with Crippen LogP contribution in [0.1, 0.15) is 33.1 Å². The number of nitrogens with zero attached hydrogens (tertiary/aromatic N) is 2. The number of hydrogen-bond acceptors (Lipinski definition) is 3. The van der Waals surface area contributed by atoms with Crippen molar-refractivity contribution in [3.8, 4) is 0 Å². The summed E-state index contributed by atoms with van der Waals surface area (Å²) in [5.41, 5.74) is 0. The van der Waals surface area contributed by atoms with E-state index in [1.165, 1.54) is 19.4 Å². The molecule has 0 spiro atoms. The number of carbonyl (C=O) groups is 1. The van der Waals surface area contributed by atoms with Crippen LogP contribution in [0.5, 0.6) is 0 Å². The highest BCUT2D eigenvalue weighted by Crippen LogP contribution is 2.24. The molecule has 4 nitrogen and oxygen atoms in total. The lowest BCUT2D eigenvalue weighted by atomic mass is 10.1. The van der Waals surface area contributed by atoms with Gasteiger partial charge in [0.1, 0.15) is 0 Å². The number of amides is 1. The third-order valence-electron chi connectivity index (χ3n) is 4.29. The maximum atomic E-state index is 12.1. The fraction of sp³-hybridized carbons (Fsp3) is 0.929. The quantitative estimate of drug-likeness (QED) is 0.809. The van der Waals surface area contributed by atoms with Gasteiger partial charge in [-0.3, -0.25) is 9.69 Å². The molecule has 2 heterocycles. The third kappa shape index (κ3) is 3.45. The van der Waals surface area contributed by atoms with Gasteiger partial charge in [-0.05, 0) is 18.8 Å². The predicted molar refractivity (Wildman–Crippen MR) is 73.5 cm³/mol. The number of rotatable bonds is 4. The van der Waals surface area contributed by atoms with Crippen LogP contribution < -0.4 is 5.32 Å². The molecule has 2 fully saturated rings. The average molecular weight is 253 g/mol. The van der Waals surface area contributed by atoms with Gasteiger partial charge in [0, 0.05) is 51.7 Å². The number of carbonyl (C=O) groups excluding carboxylic acids is 1. The van der Waals surface area contributed by atoms with Gasteiger partial charge in [-0.25, -0.2) is 0 Å². The molecule has 18 heavy (non-hydrogen) atoms. The molecule has 1 amide bonds.